The Bertz CT molecular complexity index is 1300. The van der Waals surface area contributed by atoms with E-state index in [-0.39, 0.29) is 12.1 Å². The van der Waals surface area contributed by atoms with Crippen LogP contribution in [0.1, 0.15) is 21.5 Å². The van der Waals surface area contributed by atoms with Crippen molar-refractivity contribution >= 4 is 22.6 Å². The minimum atomic E-state index is -0.698. The van der Waals surface area contributed by atoms with Crippen LogP contribution in [0.2, 0.25) is 0 Å². The maximum absolute atomic E-state index is 13.4. The van der Waals surface area contributed by atoms with E-state index in [1.165, 1.54) is 18.3 Å². The molecule has 3 N–H and O–H groups in total. The Balaban J connectivity index is 1.71. The van der Waals surface area contributed by atoms with Crippen molar-refractivity contribution in [1.82, 2.24) is 14.5 Å². The highest BCUT2D eigenvalue weighted by molar-refractivity contribution is 5.98. The first-order valence-electron chi connectivity index (χ1n) is 8.81. The molecule has 0 atom stereocenters. The summed E-state index contributed by atoms with van der Waals surface area (Å²) in [6.45, 7) is 0.0641. The van der Waals surface area contributed by atoms with Gasteiger partial charge in [-0.25, -0.2) is 18.7 Å². The number of carbonyl (C=O) groups is 1. The minimum Gasteiger partial charge on any atom is -0.380 e. The van der Waals surface area contributed by atoms with Gasteiger partial charge in [-0.05, 0) is 35.9 Å². The number of benzene rings is 2. The topological polar surface area (TPSA) is 110 Å². The van der Waals surface area contributed by atoms with E-state index in [0.29, 0.717) is 33.7 Å². The van der Waals surface area contributed by atoms with Gasteiger partial charge in [-0.3, -0.25) is 9.36 Å². The molecule has 1 amide bonds. The predicted molar refractivity (Wildman–Crippen MR) is 106 cm³/mol. The molecule has 9 heteroatoms. The molecular weight excluding hydrogens is 390 g/mol. The largest absolute Gasteiger partial charge is 0.380 e. The van der Waals surface area contributed by atoms with Crippen LogP contribution in [0.15, 0.2) is 55.0 Å². The van der Waals surface area contributed by atoms with Crippen LogP contribution in [0.4, 0.5) is 14.5 Å². The molecule has 0 unspecified atom stereocenters. The third-order valence-corrected chi connectivity index (χ3v) is 4.48. The summed E-state index contributed by atoms with van der Waals surface area (Å²) < 4.78 is 28.6. The van der Waals surface area contributed by atoms with Crippen LogP contribution >= 0.6 is 0 Å². The van der Waals surface area contributed by atoms with Gasteiger partial charge < -0.3 is 11.1 Å². The van der Waals surface area contributed by atoms with E-state index in [1.54, 1.807) is 35.2 Å². The molecule has 0 aliphatic carbocycles. The van der Waals surface area contributed by atoms with Crippen molar-refractivity contribution in [2.45, 2.75) is 6.54 Å². The lowest BCUT2D eigenvalue weighted by Crippen LogP contribution is -2.16. The van der Waals surface area contributed by atoms with Gasteiger partial charge in [-0.1, -0.05) is 0 Å². The number of aromatic nitrogens is 3. The SMILES string of the molecule is N#Cc1ccc2c(c1)ncn2-c1cc(NCc2cc(F)cc(F)c2)c(C(N)=O)cn1. The van der Waals surface area contributed by atoms with Crippen LogP contribution in [-0.2, 0) is 6.54 Å². The summed E-state index contributed by atoms with van der Waals surface area (Å²) in [7, 11) is 0. The molecule has 0 spiro atoms. The van der Waals surface area contributed by atoms with Gasteiger partial charge in [0.2, 0.25) is 0 Å². The van der Waals surface area contributed by atoms with Gasteiger partial charge in [0.15, 0.2) is 0 Å². The lowest BCUT2D eigenvalue weighted by Gasteiger charge is -2.13. The third kappa shape index (κ3) is 3.66. The smallest absolute Gasteiger partial charge is 0.252 e. The molecular formula is C21H14F2N6O. The van der Waals surface area contributed by atoms with Crippen LogP contribution < -0.4 is 11.1 Å². The van der Waals surface area contributed by atoms with Crippen LogP contribution in [0.5, 0.6) is 0 Å². The van der Waals surface area contributed by atoms with E-state index >= 15 is 0 Å². The van der Waals surface area contributed by atoms with Crippen molar-refractivity contribution < 1.29 is 13.6 Å². The van der Waals surface area contributed by atoms with Gasteiger partial charge in [0.1, 0.15) is 23.8 Å². The number of fused-ring (bicyclic) bond motifs is 1. The summed E-state index contributed by atoms with van der Waals surface area (Å²) in [6.07, 6.45) is 2.87. The molecule has 2 aromatic heterocycles. The summed E-state index contributed by atoms with van der Waals surface area (Å²) in [5, 5.41) is 12.0. The Hall–Kier alpha value is -4.32. The second kappa shape index (κ2) is 7.60. The monoisotopic (exact) mass is 404 g/mol. The van der Waals surface area contributed by atoms with Crippen molar-refractivity contribution in [3.63, 3.8) is 0 Å². The number of nitrogens with one attached hydrogen (secondary N) is 1. The lowest BCUT2D eigenvalue weighted by molar-refractivity contribution is 0.100. The fraction of sp³-hybridized carbons (Fsp3) is 0.0476. The zero-order valence-corrected chi connectivity index (χ0v) is 15.4. The van der Waals surface area contributed by atoms with E-state index in [1.807, 2.05) is 0 Å². The molecule has 0 aliphatic heterocycles. The van der Waals surface area contributed by atoms with Gasteiger partial charge >= 0.3 is 0 Å². The van der Waals surface area contributed by atoms with Gasteiger partial charge in [0.25, 0.3) is 5.91 Å². The zero-order chi connectivity index (χ0) is 21.3. The highest BCUT2D eigenvalue weighted by Gasteiger charge is 2.13. The van der Waals surface area contributed by atoms with Crippen LogP contribution in [0.3, 0.4) is 0 Å². The molecule has 0 bridgehead atoms. The number of nitrogens with zero attached hydrogens (tertiary/aromatic N) is 4. The summed E-state index contributed by atoms with van der Waals surface area (Å²) in [5.41, 5.74) is 8.09. The lowest BCUT2D eigenvalue weighted by atomic mass is 10.1. The number of hydrogen-bond donors (Lipinski definition) is 2. The number of pyridine rings is 1. The Morgan fingerprint density at radius 1 is 1.13 bits per heavy atom. The number of nitriles is 1. The van der Waals surface area contributed by atoms with Crippen molar-refractivity contribution in [3.05, 3.63) is 83.3 Å². The maximum Gasteiger partial charge on any atom is 0.252 e. The molecule has 4 rings (SSSR count). The first-order valence-corrected chi connectivity index (χ1v) is 8.81. The average molecular weight is 404 g/mol. The number of halogens is 2. The summed E-state index contributed by atoms with van der Waals surface area (Å²) in [6, 6.07) is 11.9. The molecule has 7 nitrogen and oxygen atoms in total. The molecule has 30 heavy (non-hydrogen) atoms. The zero-order valence-electron chi connectivity index (χ0n) is 15.4. The Labute approximate surface area is 169 Å². The molecule has 0 radical (unpaired) electrons. The van der Waals surface area contributed by atoms with E-state index in [2.05, 4.69) is 21.4 Å². The first kappa shape index (κ1) is 19.0. The number of primary amides is 1. The first-order chi connectivity index (χ1) is 14.4. The minimum absolute atomic E-state index is 0.0641. The van der Waals surface area contributed by atoms with E-state index in [9.17, 15) is 13.6 Å². The number of carbonyl (C=O) groups excluding carboxylic acids is 1. The van der Waals surface area contributed by atoms with E-state index in [4.69, 9.17) is 11.0 Å². The average Bonchev–Trinajstić information content (AvgIpc) is 3.14. The molecule has 148 valence electrons. The highest BCUT2D eigenvalue weighted by Crippen LogP contribution is 2.23. The third-order valence-electron chi connectivity index (χ3n) is 4.48. The van der Waals surface area contributed by atoms with Crippen LogP contribution in [0.25, 0.3) is 16.9 Å². The highest BCUT2D eigenvalue weighted by atomic mass is 19.1. The number of rotatable bonds is 5. The van der Waals surface area contributed by atoms with Crippen LogP contribution in [0, 0.1) is 23.0 Å². The van der Waals surface area contributed by atoms with Gasteiger partial charge in [-0.2, -0.15) is 5.26 Å². The summed E-state index contributed by atoms with van der Waals surface area (Å²) >= 11 is 0. The number of nitrogens with two attached hydrogens (primary N) is 1. The summed E-state index contributed by atoms with van der Waals surface area (Å²) in [5.74, 6) is -1.64. The fourth-order valence-corrected chi connectivity index (χ4v) is 3.09. The molecule has 0 fully saturated rings. The second-order valence-corrected chi connectivity index (χ2v) is 6.51. The Morgan fingerprint density at radius 3 is 2.60 bits per heavy atom. The number of hydrogen-bond acceptors (Lipinski definition) is 5. The van der Waals surface area contributed by atoms with Crippen molar-refractivity contribution in [2.75, 3.05) is 5.32 Å². The van der Waals surface area contributed by atoms with Gasteiger partial charge in [0, 0.05) is 24.9 Å². The summed E-state index contributed by atoms with van der Waals surface area (Å²) in [4.78, 5) is 20.4. The normalized spacial score (nSPS) is 10.7. The molecule has 4 aromatic rings. The molecule has 0 saturated heterocycles. The molecule has 0 saturated carbocycles. The number of amides is 1. The van der Waals surface area contributed by atoms with Crippen molar-refractivity contribution in [3.8, 4) is 11.9 Å². The molecule has 0 aliphatic rings. The quantitative estimate of drug-likeness (QED) is 0.530. The maximum atomic E-state index is 13.4. The molecule has 2 aromatic carbocycles. The van der Waals surface area contributed by atoms with Crippen LogP contribution in [-0.4, -0.2) is 20.4 Å². The van der Waals surface area contributed by atoms with Gasteiger partial charge in [-0.15, -0.1) is 0 Å². The van der Waals surface area contributed by atoms with Crippen molar-refractivity contribution in [1.29, 1.82) is 5.26 Å². The fourth-order valence-electron chi connectivity index (χ4n) is 3.09. The Kier molecular flexibility index (Phi) is 4.82. The van der Waals surface area contributed by atoms with Gasteiger partial charge in [0.05, 0.1) is 33.9 Å². The number of imidazole rings is 1. The van der Waals surface area contributed by atoms with E-state index < -0.39 is 17.5 Å². The Morgan fingerprint density at radius 2 is 1.90 bits per heavy atom. The second-order valence-electron chi connectivity index (χ2n) is 6.51. The van der Waals surface area contributed by atoms with Crippen molar-refractivity contribution in [2.24, 2.45) is 5.73 Å². The standard InChI is InChI=1S/C21H14F2N6O/c22-14-3-13(4-15(23)6-14)9-26-17-7-20(27-10-16(17)21(25)30)29-11-28-18-5-12(8-24)1-2-19(18)29/h1-7,10-11H,9H2,(H2,25,30)(H,26,27). The number of anilines is 1. The van der Waals surface area contributed by atoms with E-state index in [0.717, 1.165) is 6.07 Å². The molecule has 2 heterocycles. The predicted octanol–water partition coefficient (Wildman–Crippen LogP) is 3.28.